The molecule has 0 radical (unpaired) electrons. The third-order valence-corrected chi connectivity index (χ3v) is 3.87. The molecule has 5 heteroatoms. The topological polar surface area (TPSA) is 68.5 Å². The van der Waals surface area contributed by atoms with Crippen molar-refractivity contribution in [2.45, 2.75) is 51.7 Å². The molecule has 21 heavy (non-hydrogen) atoms. The summed E-state index contributed by atoms with van der Waals surface area (Å²) in [6, 6.07) is 3.13. The van der Waals surface area contributed by atoms with Crippen molar-refractivity contribution in [1.29, 1.82) is 0 Å². The number of carbonyl (C=O) groups excluding carboxylic acids is 2. The Labute approximate surface area is 125 Å². The van der Waals surface area contributed by atoms with Gasteiger partial charge in [-0.2, -0.15) is 0 Å². The maximum Gasteiger partial charge on any atom is 0.223 e. The van der Waals surface area contributed by atoms with E-state index in [4.69, 9.17) is 9.15 Å². The summed E-state index contributed by atoms with van der Waals surface area (Å²) >= 11 is 0. The molecule has 2 heterocycles. The van der Waals surface area contributed by atoms with Gasteiger partial charge in [0.15, 0.2) is 11.5 Å². The molecular weight excluding hydrogens is 270 g/mol. The fourth-order valence-electron chi connectivity index (χ4n) is 2.63. The lowest BCUT2D eigenvalue weighted by Gasteiger charge is -2.29. The average Bonchev–Trinajstić information content (AvgIpc) is 3.01. The van der Waals surface area contributed by atoms with E-state index < -0.39 is 0 Å². The first-order valence-corrected chi connectivity index (χ1v) is 7.58. The van der Waals surface area contributed by atoms with Crippen LogP contribution in [0.3, 0.4) is 0 Å². The van der Waals surface area contributed by atoms with E-state index in [-0.39, 0.29) is 36.2 Å². The summed E-state index contributed by atoms with van der Waals surface area (Å²) in [4.78, 5) is 24.1. The fourth-order valence-corrected chi connectivity index (χ4v) is 2.63. The molecule has 0 saturated carbocycles. The lowest BCUT2D eigenvalue weighted by Crippen LogP contribution is -2.41. The zero-order valence-electron chi connectivity index (χ0n) is 12.6. The second-order valence-electron chi connectivity index (χ2n) is 5.64. The van der Waals surface area contributed by atoms with Crippen molar-refractivity contribution < 1.29 is 18.7 Å². The van der Waals surface area contributed by atoms with Gasteiger partial charge in [0, 0.05) is 25.0 Å². The zero-order valence-corrected chi connectivity index (χ0v) is 12.6. The zero-order chi connectivity index (χ0) is 15.2. The van der Waals surface area contributed by atoms with Gasteiger partial charge in [-0.3, -0.25) is 9.59 Å². The summed E-state index contributed by atoms with van der Waals surface area (Å²) in [6.45, 7) is 4.54. The molecule has 1 aromatic heterocycles. The number of ketones is 1. The number of ether oxygens (including phenoxy) is 1. The normalized spacial score (nSPS) is 23.5. The van der Waals surface area contributed by atoms with Crippen LogP contribution in [0.1, 0.15) is 50.1 Å². The first kappa shape index (κ1) is 15.8. The number of nitrogens with one attached hydrogen (secondary N) is 1. The molecule has 0 spiro atoms. The highest BCUT2D eigenvalue weighted by Crippen LogP contribution is 2.22. The molecule has 1 amide bonds. The van der Waals surface area contributed by atoms with E-state index in [0.29, 0.717) is 12.4 Å². The van der Waals surface area contributed by atoms with Crippen LogP contribution in [-0.4, -0.2) is 30.4 Å². The average molecular weight is 293 g/mol. The largest absolute Gasteiger partial charge is 0.461 e. The quantitative estimate of drug-likeness (QED) is 0.818. The Kier molecular flexibility index (Phi) is 5.56. The van der Waals surface area contributed by atoms with E-state index in [1.807, 2.05) is 6.92 Å². The van der Waals surface area contributed by atoms with E-state index in [1.165, 1.54) is 6.26 Å². The van der Waals surface area contributed by atoms with Gasteiger partial charge in [0.05, 0.1) is 12.4 Å². The highest BCUT2D eigenvalue weighted by atomic mass is 16.5. The van der Waals surface area contributed by atoms with Crippen LogP contribution in [0, 0.1) is 5.92 Å². The van der Waals surface area contributed by atoms with Crippen LogP contribution in [0.4, 0.5) is 0 Å². The third-order valence-electron chi connectivity index (χ3n) is 3.87. The molecule has 3 atom stereocenters. The Bertz CT molecular complexity index is 469. The Hall–Kier alpha value is -1.62. The molecule has 2 rings (SSSR count). The summed E-state index contributed by atoms with van der Waals surface area (Å²) in [5, 5.41) is 2.93. The predicted molar refractivity (Wildman–Crippen MR) is 78.0 cm³/mol. The molecule has 0 aliphatic carbocycles. The Morgan fingerprint density at radius 3 is 2.95 bits per heavy atom. The Morgan fingerprint density at radius 2 is 2.29 bits per heavy atom. The highest BCUT2D eigenvalue weighted by molar-refractivity contribution is 5.94. The molecule has 1 aromatic rings. The van der Waals surface area contributed by atoms with Crippen molar-refractivity contribution in [3.05, 3.63) is 24.2 Å². The maximum atomic E-state index is 12.2. The second-order valence-corrected chi connectivity index (χ2v) is 5.64. The van der Waals surface area contributed by atoms with E-state index >= 15 is 0 Å². The molecule has 116 valence electrons. The molecule has 1 aliphatic heterocycles. The number of furan rings is 1. The van der Waals surface area contributed by atoms with Gasteiger partial charge in [0.25, 0.3) is 0 Å². The minimum Gasteiger partial charge on any atom is -0.461 e. The monoisotopic (exact) mass is 293 g/mol. The minimum atomic E-state index is -0.196. The Morgan fingerprint density at radius 1 is 1.48 bits per heavy atom. The molecule has 0 unspecified atom stereocenters. The first-order chi connectivity index (χ1) is 10.1. The van der Waals surface area contributed by atoms with Crippen molar-refractivity contribution in [2.75, 3.05) is 6.61 Å². The van der Waals surface area contributed by atoms with Crippen molar-refractivity contribution >= 4 is 11.7 Å². The van der Waals surface area contributed by atoms with Crippen molar-refractivity contribution in [1.82, 2.24) is 5.32 Å². The number of hydrogen-bond donors (Lipinski definition) is 1. The van der Waals surface area contributed by atoms with Crippen molar-refractivity contribution in [2.24, 2.45) is 5.92 Å². The molecule has 1 saturated heterocycles. The molecule has 1 fully saturated rings. The molecule has 0 bridgehead atoms. The van der Waals surface area contributed by atoms with Gasteiger partial charge in [-0.15, -0.1) is 0 Å². The minimum absolute atomic E-state index is 0.00938. The fraction of sp³-hybridized carbons (Fsp3) is 0.625. The van der Waals surface area contributed by atoms with Gasteiger partial charge in [-0.25, -0.2) is 0 Å². The third kappa shape index (κ3) is 4.43. The van der Waals surface area contributed by atoms with Crippen LogP contribution in [0.5, 0.6) is 0 Å². The number of carbonyl (C=O) groups is 2. The molecule has 1 N–H and O–H groups in total. The van der Waals surface area contributed by atoms with E-state index in [1.54, 1.807) is 12.1 Å². The van der Waals surface area contributed by atoms with Crippen LogP contribution in [0.25, 0.3) is 0 Å². The van der Waals surface area contributed by atoms with Gasteiger partial charge in [0.1, 0.15) is 0 Å². The van der Waals surface area contributed by atoms with Crippen LogP contribution in [-0.2, 0) is 9.53 Å². The number of rotatable bonds is 6. The van der Waals surface area contributed by atoms with Crippen LogP contribution in [0.2, 0.25) is 0 Å². The van der Waals surface area contributed by atoms with Crippen molar-refractivity contribution in [3.8, 4) is 0 Å². The highest BCUT2D eigenvalue weighted by Gasteiger charge is 2.28. The lowest BCUT2D eigenvalue weighted by atomic mass is 9.93. The van der Waals surface area contributed by atoms with Gasteiger partial charge < -0.3 is 14.5 Å². The van der Waals surface area contributed by atoms with Crippen LogP contribution >= 0.6 is 0 Å². The summed E-state index contributed by atoms with van der Waals surface area (Å²) in [5.74, 6) is 0.265. The van der Waals surface area contributed by atoms with Gasteiger partial charge in [-0.05, 0) is 38.3 Å². The molecule has 0 aromatic carbocycles. The summed E-state index contributed by atoms with van der Waals surface area (Å²) in [7, 11) is 0. The maximum absolute atomic E-state index is 12.2. The van der Waals surface area contributed by atoms with Gasteiger partial charge in [-0.1, -0.05) is 6.92 Å². The second kappa shape index (κ2) is 7.41. The Balaban J connectivity index is 1.80. The van der Waals surface area contributed by atoms with Crippen LogP contribution < -0.4 is 5.32 Å². The predicted octanol–water partition coefficient (Wildman–Crippen LogP) is 2.56. The van der Waals surface area contributed by atoms with Crippen molar-refractivity contribution in [3.63, 3.8) is 0 Å². The van der Waals surface area contributed by atoms with E-state index in [2.05, 4.69) is 12.2 Å². The van der Waals surface area contributed by atoms with E-state index in [0.717, 1.165) is 19.3 Å². The standard InChI is InChI=1S/C16H23NO4/c1-3-13-10-12(6-8-20-13)16(19)17-11(2)9-14(18)15-5-4-7-21-15/h4-5,7,11-13H,3,6,8-10H2,1-2H3,(H,17,19)/t11-,12-,13+/m0/s1. The molecule has 5 nitrogen and oxygen atoms in total. The molecule has 1 aliphatic rings. The van der Waals surface area contributed by atoms with E-state index in [9.17, 15) is 9.59 Å². The van der Waals surface area contributed by atoms with Crippen LogP contribution in [0.15, 0.2) is 22.8 Å². The summed E-state index contributed by atoms with van der Waals surface area (Å²) in [5.41, 5.74) is 0. The van der Waals surface area contributed by atoms with Gasteiger partial charge in [0.2, 0.25) is 5.91 Å². The SMILES string of the molecule is CC[C@@H]1C[C@@H](C(=O)N[C@@H](C)CC(=O)c2ccco2)CCO1. The van der Waals surface area contributed by atoms with Gasteiger partial charge >= 0.3 is 0 Å². The first-order valence-electron chi connectivity index (χ1n) is 7.58. The number of amides is 1. The molecular formula is C16H23NO4. The lowest BCUT2D eigenvalue weighted by molar-refractivity contribution is -0.130. The summed E-state index contributed by atoms with van der Waals surface area (Å²) in [6.07, 6.45) is 4.34. The number of hydrogen-bond acceptors (Lipinski definition) is 4. The smallest absolute Gasteiger partial charge is 0.223 e. The number of Topliss-reactive ketones (excluding diaryl/α,β-unsaturated/α-hetero) is 1. The summed E-state index contributed by atoms with van der Waals surface area (Å²) < 4.78 is 10.6.